The standard InChI is InChI=1S/C11H7Cl5O2/c12-8-4-2-1-3-5(6(4)17)10(8,14)11(15,16)9(3,13)7(8)18/h1-6,17H/t3-,4?,5+,6+,8-,9-,10+/m0/s1. The highest BCUT2D eigenvalue weighted by molar-refractivity contribution is 6.69. The summed E-state index contributed by atoms with van der Waals surface area (Å²) < 4.78 is -1.70. The van der Waals surface area contributed by atoms with Crippen LogP contribution in [-0.2, 0) is 4.79 Å². The topological polar surface area (TPSA) is 37.3 Å². The summed E-state index contributed by atoms with van der Waals surface area (Å²) in [6.07, 6.45) is 2.64. The lowest BCUT2D eigenvalue weighted by atomic mass is 9.78. The highest BCUT2D eigenvalue weighted by atomic mass is 35.5. The second-order valence-corrected chi connectivity index (χ2v) is 8.61. The van der Waals surface area contributed by atoms with Crippen LogP contribution in [0.15, 0.2) is 12.2 Å². The molecule has 2 nitrogen and oxygen atoms in total. The third kappa shape index (κ3) is 0.752. The first kappa shape index (κ1) is 12.6. The molecule has 0 aromatic rings. The first-order valence-electron chi connectivity index (χ1n) is 5.52. The number of allylic oxidation sites excluding steroid dienone is 1. The maximum atomic E-state index is 12.6. The molecule has 0 saturated heterocycles. The fraction of sp³-hybridized carbons (Fsp3) is 0.727. The molecule has 1 N–H and O–H groups in total. The first-order chi connectivity index (χ1) is 8.16. The van der Waals surface area contributed by atoms with Gasteiger partial charge in [-0.1, -0.05) is 35.4 Å². The lowest BCUT2D eigenvalue weighted by molar-refractivity contribution is -0.124. The smallest absolute Gasteiger partial charge is 0.180 e. The summed E-state index contributed by atoms with van der Waals surface area (Å²) in [5.41, 5.74) is 0. The van der Waals surface area contributed by atoms with E-state index in [-0.39, 0.29) is 0 Å². The number of aliphatic hydroxyl groups excluding tert-OH is 1. The number of carbonyl (C=O) groups excluding carboxylic acids is 1. The normalized spacial score (nSPS) is 66.2. The van der Waals surface area contributed by atoms with Gasteiger partial charge in [0.1, 0.15) is 14.6 Å². The number of aliphatic hydroxyl groups is 1. The molecular formula is C11H7Cl5O2. The maximum absolute atomic E-state index is 12.6. The molecule has 4 bridgehead atoms. The van der Waals surface area contributed by atoms with Crippen LogP contribution in [0.4, 0.5) is 0 Å². The Balaban J connectivity index is 2.17. The third-order valence-corrected chi connectivity index (χ3v) is 9.07. The minimum atomic E-state index is -1.70. The lowest BCUT2D eigenvalue weighted by Crippen LogP contribution is -2.54. The summed E-state index contributed by atoms with van der Waals surface area (Å²) >= 11 is 32.2. The van der Waals surface area contributed by atoms with Gasteiger partial charge in [-0.2, -0.15) is 0 Å². The van der Waals surface area contributed by atoms with Gasteiger partial charge in [0.15, 0.2) is 10.1 Å². The van der Waals surface area contributed by atoms with E-state index in [0.717, 1.165) is 0 Å². The highest BCUT2D eigenvalue weighted by Crippen LogP contribution is 2.83. The minimum Gasteiger partial charge on any atom is -0.392 e. The Morgan fingerprint density at radius 2 is 1.56 bits per heavy atom. The Morgan fingerprint density at radius 3 is 2.17 bits per heavy atom. The summed E-state index contributed by atoms with van der Waals surface area (Å²) in [5.74, 6) is -2.05. The van der Waals surface area contributed by atoms with Gasteiger partial charge in [-0.3, -0.25) is 4.79 Å². The molecule has 3 fully saturated rings. The van der Waals surface area contributed by atoms with Crippen molar-refractivity contribution >= 4 is 63.8 Å². The van der Waals surface area contributed by atoms with E-state index in [0.29, 0.717) is 0 Å². The number of hydrogen-bond donors (Lipinski definition) is 1. The van der Waals surface area contributed by atoms with Crippen LogP contribution in [0, 0.1) is 17.8 Å². The van der Waals surface area contributed by atoms with Gasteiger partial charge in [0.05, 0.1) is 6.10 Å². The number of halogens is 5. The average Bonchev–Trinajstić information content (AvgIpc) is 2.51. The number of alkyl halides is 5. The van der Waals surface area contributed by atoms with Gasteiger partial charge in [0, 0.05) is 17.8 Å². The van der Waals surface area contributed by atoms with Crippen LogP contribution in [0.25, 0.3) is 0 Å². The lowest BCUT2D eigenvalue weighted by Gasteiger charge is -2.36. The number of carbonyl (C=O) groups is 1. The highest BCUT2D eigenvalue weighted by Gasteiger charge is 2.97. The van der Waals surface area contributed by atoms with Gasteiger partial charge in [-0.15, -0.1) is 34.8 Å². The van der Waals surface area contributed by atoms with E-state index in [1.807, 2.05) is 0 Å². The number of Topliss-reactive ketones (excluding diaryl/α,β-unsaturated/α-hetero) is 1. The Labute approximate surface area is 128 Å². The van der Waals surface area contributed by atoms with Gasteiger partial charge in [-0.25, -0.2) is 0 Å². The molecule has 18 heavy (non-hydrogen) atoms. The van der Waals surface area contributed by atoms with Crippen LogP contribution in [0.2, 0.25) is 0 Å². The largest absolute Gasteiger partial charge is 0.392 e. The van der Waals surface area contributed by atoms with Crippen molar-refractivity contribution in [2.75, 3.05) is 0 Å². The Bertz CT molecular complexity index is 534. The minimum absolute atomic E-state index is 0.467. The molecule has 4 rings (SSSR count). The zero-order valence-corrected chi connectivity index (χ0v) is 12.5. The van der Waals surface area contributed by atoms with Crippen molar-refractivity contribution in [1.29, 1.82) is 0 Å². The molecule has 3 saturated carbocycles. The van der Waals surface area contributed by atoms with E-state index in [2.05, 4.69) is 0 Å². The summed E-state index contributed by atoms with van der Waals surface area (Å²) in [4.78, 5) is 8.09. The van der Waals surface area contributed by atoms with Crippen molar-refractivity contribution in [3.63, 3.8) is 0 Å². The van der Waals surface area contributed by atoms with Gasteiger partial charge in [0.2, 0.25) is 0 Å². The summed E-state index contributed by atoms with van der Waals surface area (Å²) in [6.45, 7) is 0. The van der Waals surface area contributed by atoms with Crippen LogP contribution in [0.1, 0.15) is 0 Å². The van der Waals surface area contributed by atoms with E-state index in [4.69, 9.17) is 58.0 Å². The Morgan fingerprint density at radius 1 is 1.00 bits per heavy atom. The van der Waals surface area contributed by atoms with Crippen molar-refractivity contribution < 1.29 is 9.90 Å². The number of rotatable bonds is 0. The van der Waals surface area contributed by atoms with Gasteiger partial charge in [-0.05, 0) is 0 Å². The molecule has 0 aromatic carbocycles. The molecule has 4 aliphatic rings. The molecule has 0 radical (unpaired) electrons. The first-order valence-corrected chi connectivity index (χ1v) is 7.41. The van der Waals surface area contributed by atoms with Crippen LogP contribution in [0.5, 0.6) is 0 Å². The average molecular weight is 348 g/mol. The molecule has 7 heteroatoms. The Hall–Kier alpha value is 0.820. The van der Waals surface area contributed by atoms with E-state index < -0.39 is 48.6 Å². The molecule has 0 aromatic heterocycles. The summed E-state index contributed by atoms with van der Waals surface area (Å²) in [7, 11) is 0. The zero-order chi connectivity index (χ0) is 13.3. The van der Waals surface area contributed by atoms with E-state index in [1.165, 1.54) is 0 Å². The molecule has 0 heterocycles. The molecule has 0 aliphatic heterocycles. The van der Waals surface area contributed by atoms with Gasteiger partial charge < -0.3 is 5.11 Å². The predicted molar refractivity (Wildman–Crippen MR) is 70.8 cm³/mol. The van der Waals surface area contributed by atoms with Gasteiger partial charge in [0.25, 0.3) is 0 Å². The van der Waals surface area contributed by atoms with E-state index in [9.17, 15) is 9.90 Å². The Kier molecular flexibility index (Phi) is 2.01. The number of hydrogen-bond acceptors (Lipinski definition) is 2. The van der Waals surface area contributed by atoms with Crippen molar-refractivity contribution in [2.45, 2.75) is 25.1 Å². The SMILES string of the molecule is O=C1[C@@]2(Cl)[C@H]3C=CC4[C@@H](O)[C@@H]3[C@](Cl)(C2(Cl)Cl)[C@@]14Cl. The third-order valence-electron chi connectivity index (χ3n) is 5.13. The summed E-state index contributed by atoms with van der Waals surface area (Å²) in [6, 6.07) is 0. The van der Waals surface area contributed by atoms with Gasteiger partial charge >= 0.3 is 0 Å². The van der Waals surface area contributed by atoms with Crippen LogP contribution < -0.4 is 0 Å². The zero-order valence-electron chi connectivity index (χ0n) is 8.71. The van der Waals surface area contributed by atoms with Crippen LogP contribution in [-0.4, -0.2) is 35.9 Å². The van der Waals surface area contributed by atoms with Crippen LogP contribution >= 0.6 is 58.0 Å². The molecule has 1 unspecified atom stereocenters. The predicted octanol–water partition coefficient (Wildman–Crippen LogP) is 2.48. The second kappa shape index (κ2) is 2.88. The fourth-order valence-electron chi connectivity index (χ4n) is 4.41. The second-order valence-electron chi connectivity index (χ2n) is 5.49. The summed E-state index contributed by atoms with van der Waals surface area (Å²) in [5, 5.41) is 10.3. The molecular weight excluding hydrogens is 341 g/mol. The number of ketones is 1. The maximum Gasteiger partial charge on any atom is 0.180 e. The monoisotopic (exact) mass is 346 g/mol. The fourth-order valence-corrected chi connectivity index (χ4v) is 7.33. The van der Waals surface area contributed by atoms with E-state index >= 15 is 0 Å². The molecule has 98 valence electrons. The van der Waals surface area contributed by atoms with Crippen LogP contribution in [0.3, 0.4) is 0 Å². The molecule has 0 spiro atoms. The molecule has 7 atom stereocenters. The quantitative estimate of drug-likeness (QED) is 0.539. The van der Waals surface area contributed by atoms with Crippen molar-refractivity contribution in [3.05, 3.63) is 12.2 Å². The van der Waals surface area contributed by atoms with Crippen molar-refractivity contribution in [3.8, 4) is 0 Å². The number of fused-ring (bicyclic) bond motifs is 4. The van der Waals surface area contributed by atoms with E-state index in [1.54, 1.807) is 12.2 Å². The van der Waals surface area contributed by atoms with Crippen molar-refractivity contribution in [2.24, 2.45) is 17.8 Å². The molecule has 4 aliphatic carbocycles. The van der Waals surface area contributed by atoms with Crippen molar-refractivity contribution in [1.82, 2.24) is 0 Å². The molecule has 0 amide bonds.